The summed E-state index contributed by atoms with van der Waals surface area (Å²) in [5.74, 6) is 3.47. The molecule has 0 amide bonds. The van der Waals surface area contributed by atoms with Crippen LogP contribution in [0.2, 0.25) is 0 Å². The van der Waals surface area contributed by atoms with Gasteiger partial charge in [-0.1, -0.05) is 36.4 Å². The van der Waals surface area contributed by atoms with E-state index in [1.807, 2.05) is 13.0 Å². The van der Waals surface area contributed by atoms with Crippen LogP contribution in [0.3, 0.4) is 0 Å². The lowest BCUT2D eigenvalue weighted by Crippen LogP contribution is -2.01. The molecule has 112 valence electrons. The van der Waals surface area contributed by atoms with E-state index in [1.165, 1.54) is 23.8 Å². The van der Waals surface area contributed by atoms with E-state index < -0.39 is 0 Å². The highest BCUT2D eigenvalue weighted by Crippen LogP contribution is 2.44. The van der Waals surface area contributed by atoms with Crippen molar-refractivity contribution in [2.75, 3.05) is 6.61 Å². The van der Waals surface area contributed by atoms with Crippen LogP contribution >= 0.6 is 0 Å². The minimum Gasteiger partial charge on any atom is -0.497 e. The lowest BCUT2D eigenvalue weighted by atomic mass is 10.1. The van der Waals surface area contributed by atoms with E-state index in [0.717, 1.165) is 35.7 Å². The summed E-state index contributed by atoms with van der Waals surface area (Å²) in [7, 11) is 0. The van der Waals surface area contributed by atoms with E-state index in [4.69, 9.17) is 9.47 Å². The fourth-order valence-electron chi connectivity index (χ4n) is 3.58. The summed E-state index contributed by atoms with van der Waals surface area (Å²) in [5.41, 5.74) is 1.41. The Morgan fingerprint density at radius 3 is 2.86 bits per heavy atom. The van der Waals surface area contributed by atoms with Crippen LogP contribution in [0.4, 0.5) is 0 Å². The van der Waals surface area contributed by atoms with E-state index >= 15 is 0 Å². The van der Waals surface area contributed by atoms with Gasteiger partial charge in [-0.3, -0.25) is 0 Å². The van der Waals surface area contributed by atoms with Crippen LogP contribution in [0.15, 0.2) is 65.6 Å². The summed E-state index contributed by atoms with van der Waals surface area (Å²) in [4.78, 5) is 0. The number of benzene rings is 2. The maximum Gasteiger partial charge on any atom is 0.135 e. The molecule has 0 unspecified atom stereocenters. The minimum atomic E-state index is 0.449. The number of hydrogen-bond acceptors (Lipinski definition) is 2. The van der Waals surface area contributed by atoms with E-state index in [0.29, 0.717) is 5.92 Å². The first-order valence-electron chi connectivity index (χ1n) is 8.10. The third-order valence-electron chi connectivity index (χ3n) is 4.57. The van der Waals surface area contributed by atoms with Gasteiger partial charge in [-0.05, 0) is 43.2 Å². The van der Waals surface area contributed by atoms with E-state index in [1.54, 1.807) is 0 Å². The lowest BCUT2D eigenvalue weighted by molar-refractivity contribution is 0.203. The van der Waals surface area contributed by atoms with Crippen molar-refractivity contribution in [3.8, 4) is 5.75 Å². The zero-order valence-corrected chi connectivity index (χ0v) is 12.8. The smallest absolute Gasteiger partial charge is 0.135 e. The van der Waals surface area contributed by atoms with Crippen molar-refractivity contribution in [3.05, 3.63) is 65.6 Å². The van der Waals surface area contributed by atoms with Crippen molar-refractivity contribution in [1.82, 2.24) is 0 Å². The molecular formula is C20H20O2. The first-order chi connectivity index (χ1) is 10.9. The van der Waals surface area contributed by atoms with E-state index in [2.05, 4.69) is 42.5 Å². The molecule has 0 aromatic heterocycles. The van der Waals surface area contributed by atoms with Crippen molar-refractivity contribution in [1.29, 1.82) is 0 Å². The highest BCUT2D eigenvalue weighted by molar-refractivity contribution is 5.88. The Balaban J connectivity index is 1.71. The van der Waals surface area contributed by atoms with Crippen molar-refractivity contribution in [3.63, 3.8) is 0 Å². The normalized spacial score (nSPS) is 20.2. The van der Waals surface area contributed by atoms with Crippen LogP contribution in [-0.4, -0.2) is 6.61 Å². The average molecular weight is 292 g/mol. The van der Waals surface area contributed by atoms with Crippen molar-refractivity contribution in [2.45, 2.75) is 26.2 Å². The van der Waals surface area contributed by atoms with Crippen molar-refractivity contribution >= 4 is 10.8 Å². The monoisotopic (exact) mass is 292 g/mol. The highest BCUT2D eigenvalue weighted by atomic mass is 16.5. The molecule has 1 fully saturated rings. The van der Waals surface area contributed by atoms with Gasteiger partial charge in [-0.2, -0.15) is 0 Å². The summed E-state index contributed by atoms with van der Waals surface area (Å²) in [5, 5.41) is 2.37. The maximum absolute atomic E-state index is 6.30. The minimum absolute atomic E-state index is 0.449. The van der Waals surface area contributed by atoms with E-state index in [9.17, 15) is 0 Å². The van der Waals surface area contributed by atoms with Gasteiger partial charge >= 0.3 is 0 Å². The number of ether oxygens (including phenoxy) is 2. The Labute approximate surface area is 131 Å². The molecule has 22 heavy (non-hydrogen) atoms. The highest BCUT2D eigenvalue weighted by Gasteiger charge is 2.34. The van der Waals surface area contributed by atoms with Gasteiger partial charge in [0.2, 0.25) is 0 Å². The lowest BCUT2D eigenvalue weighted by Gasteiger charge is -2.11. The third-order valence-corrected chi connectivity index (χ3v) is 4.57. The molecule has 2 heteroatoms. The fourth-order valence-corrected chi connectivity index (χ4v) is 3.58. The Morgan fingerprint density at radius 2 is 1.95 bits per heavy atom. The first-order valence-corrected chi connectivity index (χ1v) is 8.10. The number of hydrogen-bond donors (Lipinski definition) is 0. The molecule has 2 aromatic carbocycles. The maximum atomic E-state index is 6.30. The molecular weight excluding hydrogens is 272 g/mol. The standard InChI is InChI=1S/C20H20O2/c1-2-21-19-13-20(17-11-6-10-16(17)19)22-18-12-5-8-14-7-3-4-9-15(14)18/h3-5,7-9,12-13,16H,2,6,10-11H2,1H3/t16-/m0/s1. The van der Waals surface area contributed by atoms with Gasteiger partial charge in [-0.15, -0.1) is 0 Å². The van der Waals surface area contributed by atoms with Gasteiger partial charge in [0.15, 0.2) is 0 Å². The second-order valence-corrected chi connectivity index (χ2v) is 5.89. The van der Waals surface area contributed by atoms with Gasteiger partial charge in [-0.25, -0.2) is 0 Å². The molecule has 0 saturated heterocycles. The largest absolute Gasteiger partial charge is 0.497 e. The second kappa shape index (κ2) is 5.53. The van der Waals surface area contributed by atoms with E-state index in [-0.39, 0.29) is 0 Å². The zero-order chi connectivity index (χ0) is 14.9. The molecule has 2 aromatic rings. The molecule has 2 nitrogen and oxygen atoms in total. The first kappa shape index (κ1) is 13.4. The van der Waals surface area contributed by atoms with Crippen LogP contribution in [0.25, 0.3) is 10.8 Å². The van der Waals surface area contributed by atoms with Gasteiger partial charge in [0, 0.05) is 17.4 Å². The van der Waals surface area contributed by atoms with Crippen molar-refractivity contribution < 1.29 is 9.47 Å². The second-order valence-electron chi connectivity index (χ2n) is 5.89. The SMILES string of the molecule is CCOC1=CC(Oc2cccc3ccccc23)=C2CCC[C@H]12. The molecule has 0 bridgehead atoms. The van der Waals surface area contributed by atoms with Gasteiger partial charge in [0.05, 0.1) is 6.61 Å². The quantitative estimate of drug-likeness (QED) is 0.770. The van der Waals surface area contributed by atoms with Crippen molar-refractivity contribution in [2.24, 2.45) is 5.92 Å². The molecule has 0 spiro atoms. The fraction of sp³-hybridized carbons (Fsp3) is 0.300. The summed E-state index contributed by atoms with van der Waals surface area (Å²) in [6, 6.07) is 14.6. The van der Waals surface area contributed by atoms with Crippen LogP contribution < -0.4 is 4.74 Å². The predicted octanol–water partition coefficient (Wildman–Crippen LogP) is 5.21. The molecule has 2 aliphatic rings. The van der Waals surface area contributed by atoms with Crippen LogP contribution in [0.1, 0.15) is 26.2 Å². The molecule has 0 aliphatic heterocycles. The predicted molar refractivity (Wildman–Crippen MR) is 88.7 cm³/mol. The number of rotatable bonds is 4. The Kier molecular flexibility index (Phi) is 3.38. The van der Waals surface area contributed by atoms with Gasteiger partial charge < -0.3 is 9.47 Å². The van der Waals surface area contributed by atoms with Crippen LogP contribution in [0, 0.1) is 5.92 Å². The number of allylic oxidation sites excluding steroid dienone is 2. The Morgan fingerprint density at radius 1 is 1.09 bits per heavy atom. The van der Waals surface area contributed by atoms with Crippen LogP contribution in [0.5, 0.6) is 5.75 Å². The van der Waals surface area contributed by atoms with Gasteiger partial charge in [0.25, 0.3) is 0 Å². The van der Waals surface area contributed by atoms with Crippen LogP contribution in [-0.2, 0) is 4.74 Å². The molecule has 4 rings (SSSR count). The molecule has 2 aliphatic carbocycles. The van der Waals surface area contributed by atoms with Gasteiger partial charge in [0.1, 0.15) is 17.3 Å². The molecule has 1 saturated carbocycles. The molecule has 0 radical (unpaired) electrons. The summed E-state index contributed by atoms with van der Waals surface area (Å²) < 4.78 is 12.1. The summed E-state index contributed by atoms with van der Waals surface area (Å²) >= 11 is 0. The Bertz CT molecular complexity index is 765. The average Bonchev–Trinajstić information content (AvgIpc) is 3.13. The topological polar surface area (TPSA) is 18.5 Å². The number of fused-ring (bicyclic) bond motifs is 2. The summed E-state index contributed by atoms with van der Waals surface area (Å²) in [6.07, 6.45) is 5.64. The summed E-state index contributed by atoms with van der Waals surface area (Å²) in [6.45, 7) is 2.76. The third kappa shape index (κ3) is 2.19. The Hall–Kier alpha value is -2.22. The molecule has 0 heterocycles. The molecule has 1 atom stereocenters. The zero-order valence-electron chi connectivity index (χ0n) is 12.8. The molecule has 0 N–H and O–H groups in total.